The van der Waals surface area contributed by atoms with E-state index in [0.717, 1.165) is 6.07 Å². The number of benzene rings is 2. The summed E-state index contributed by atoms with van der Waals surface area (Å²) in [7, 11) is -3.59. The maximum absolute atomic E-state index is 12.0. The first kappa shape index (κ1) is 14.0. The molecule has 9 heteroatoms. The van der Waals surface area contributed by atoms with E-state index in [1.165, 1.54) is 30.3 Å². The van der Waals surface area contributed by atoms with Gasteiger partial charge >= 0.3 is 10.2 Å². The van der Waals surface area contributed by atoms with Gasteiger partial charge in [0.1, 0.15) is 0 Å². The molecule has 2 aromatic carbocycles. The fraction of sp³-hybridized carbons (Fsp3) is 0. The third-order valence-corrected chi connectivity index (χ3v) is 3.98. The summed E-state index contributed by atoms with van der Waals surface area (Å²) in [5.74, 6) is -1.24. The van der Waals surface area contributed by atoms with Crippen molar-refractivity contribution in [3.63, 3.8) is 0 Å². The van der Waals surface area contributed by atoms with E-state index < -0.39 is 21.9 Å². The average molecular weight is 321 g/mol. The van der Waals surface area contributed by atoms with Crippen LogP contribution in [0.2, 0.25) is 0 Å². The number of anilines is 3. The van der Waals surface area contributed by atoms with Crippen LogP contribution in [0.1, 0.15) is 10.4 Å². The molecule has 0 unspecified atom stereocenters. The molecule has 0 atom stereocenters. The van der Waals surface area contributed by atoms with Crippen LogP contribution < -0.4 is 14.8 Å². The zero-order chi connectivity index (χ0) is 15.9. The Kier molecular flexibility index (Phi) is 3.06. The maximum Gasteiger partial charge on any atom is 0.321 e. The highest BCUT2D eigenvalue weighted by Crippen LogP contribution is 2.32. The Hall–Kier alpha value is -2.94. The topological polar surface area (TPSA) is 128 Å². The van der Waals surface area contributed by atoms with Crippen LogP contribution in [0.25, 0.3) is 0 Å². The zero-order valence-electron chi connectivity index (χ0n) is 11.0. The molecule has 3 rings (SSSR count). The quantitative estimate of drug-likeness (QED) is 0.535. The van der Waals surface area contributed by atoms with Crippen molar-refractivity contribution in [3.8, 4) is 11.5 Å². The Labute approximate surface area is 125 Å². The van der Waals surface area contributed by atoms with E-state index in [2.05, 4.69) is 14.8 Å². The molecule has 1 aliphatic heterocycles. The van der Waals surface area contributed by atoms with Crippen molar-refractivity contribution in [2.24, 2.45) is 0 Å². The molecule has 2 aromatic rings. The molecule has 22 heavy (non-hydrogen) atoms. The van der Waals surface area contributed by atoms with Gasteiger partial charge < -0.3 is 15.5 Å². The first-order valence-electron chi connectivity index (χ1n) is 6.12. The molecular weight excluding hydrogens is 310 g/mol. The van der Waals surface area contributed by atoms with Crippen LogP contribution >= 0.6 is 0 Å². The van der Waals surface area contributed by atoms with Crippen LogP contribution in [0.5, 0.6) is 11.5 Å². The molecule has 8 nitrogen and oxygen atoms in total. The van der Waals surface area contributed by atoms with Gasteiger partial charge in [-0.2, -0.15) is 8.42 Å². The molecule has 0 bridgehead atoms. The zero-order valence-corrected chi connectivity index (χ0v) is 11.8. The number of fused-ring (bicyclic) bond motifs is 1. The molecule has 0 fully saturated rings. The third kappa shape index (κ3) is 2.61. The molecule has 1 heterocycles. The molecule has 0 saturated heterocycles. The summed E-state index contributed by atoms with van der Waals surface area (Å²) in [5, 5.41) is 21.2. The highest BCUT2D eigenvalue weighted by molar-refractivity contribution is 7.94. The lowest BCUT2D eigenvalue weighted by Crippen LogP contribution is -2.13. The molecule has 1 aliphatic rings. The number of phenolic OH excluding ortho intramolecular Hbond substituents is 2. The van der Waals surface area contributed by atoms with Crippen molar-refractivity contribution < 1.29 is 23.4 Å². The number of amides is 1. The largest absolute Gasteiger partial charge is 0.504 e. The lowest BCUT2D eigenvalue weighted by molar-refractivity contribution is 0.102. The summed E-state index contributed by atoms with van der Waals surface area (Å²) in [6.45, 7) is 0. The number of nitrogens with one attached hydrogen (secondary N) is 3. The van der Waals surface area contributed by atoms with E-state index in [1.807, 2.05) is 0 Å². The minimum Gasteiger partial charge on any atom is -0.504 e. The van der Waals surface area contributed by atoms with Crippen LogP contribution in [0, 0.1) is 0 Å². The Morgan fingerprint density at radius 3 is 2.41 bits per heavy atom. The summed E-state index contributed by atoms with van der Waals surface area (Å²) in [6, 6.07) is 8.18. The van der Waals surface area contributed by atoms with E-state index in [0.29, 0.717) is 17.1 Å². The number of carbonyl (C=O) groups excluding carboxylic acids is 1. The smallest absolute Gasteiger partial charge is 0.321 e. The molecule has 0 spiro atoms. The van der Waals surface area contributed by atoms with Gasteiger partial charge in [-0.15, -0.1) is 0 Å². The molecule has 114 valence electrons. The van der Waals surface area contributed by atoms with Gasteiger partial charge in [-0.3, -0.25) is 14.2 Å². The molecule has 0 radical (unpaired) electrons. The summed E-state index contributed by atoms with van der Waals surface area (Å²) >= 11 is 0. The summed E-state index contributed by atoms with van der Waals surface area (Å²) < 4.78 is 27.3. The highest BCUT2D eigenvalue weighted by atomic mass is 32.2. The van der Waals surface area contributed by atoms with Crippen molar-refractivity contribution >= 4 is 33.2 Å². The molecule has 1 amide bonds. The van der Waals surface area contributed by atoms with Gasteiger partial charge in [0.05, 0.1) is 11.4 Å². The van der Waals surface area contributed by atoms with Crippen molar-refractivity contribution in [3.05, 3.63) is 42.0 Å². The molecule has 5 N–H and O–H groups in total. The van der Waals surface area contributed by atoms with Crippen molar-refractivity contribution in [1.29, 1.82) is 0 Å². The summed E-state index contributed by atoms with van der Waals surface area (Å²) in [4.78, 5) is 12.0. The highest BCUT2D eigenvalue weighted by Gasteiger charge is 2.22. The van der Waals surface area contributed by atoms with Crippen LogP contribution in [-0.2, 0) is 10.2 Å². The minimum atomic E-state index is -3.59. The van der Waals surface area contributed by atoms with E-state index in [-0.39, 0.29) is 11.3 Å². The average Bonchev–Trinajstić information content (AvgIpc) is 2.75. The van der Waals surface area contributed by atoms with Gasteiger partial charge in [0.2, 0.25) is 0 Å². The first-order valence-corrected chi connectivity index (χ1v) is 7.60. The van der Waals surface area contributed by atoms with Crippen LogP contribution in [0.15, 0.2) is 36.4 Å². The van der Waals surface area contributed by atoms with Gasteiger partial charge in [-0.1, -0.05) is 0 Å². The summed E-state index contributed by atoms with van der Waals surface area (Å²) in [6.07, 6.45) is 0. The monoisotopic (exact) mass is 321 g/mol. The molecule has 0 aliphatic carbocycles. The lowest BCUT2D eigenvalue weighted by Gasteiger charge is -2.07. The molecule has 0 aromatic heterocycles. The number of aromatic hydroxyl groups is 2. The number of phenols is 2. The van der Waals surface area contributed by atoms with E-state index in [1.54, 1.807) is 0 Å². The van der Waals surface area contributed by atoms with E-state index in [4.69, 9.17) is 0 Å². The van der Waals surface area contributed by atoms with Gasteiger partial charge in [0.25, 0.3) is 5.91 Å². The molecular formula is C13H11N3O5S. The standard InChI is InChI=1S/C13H11N3O5S/c17-11-4-1-7(5-12(11)18)13(19)14-8-2-3-9-10(6-8)16-22(20,21)15-9/h1-6,15-18H,(H,14,19). The maximum atomic E-state index is 12.0. The van der Waals surface area contributed by atoms with Crippen LogP contribution in [0.4, 0.5) is 17.1 Å². The minimum absolute atomic E-state index is 0.148. The second kappa shape index (κ2) is 4.81. The van der Waals surface area contributed by atoms with Gasteiger partial charge in [0.15, 0.2) is 11.5 Å². The fourth-order valence-corrected chi connectivity index (χ4v) is 2.96. The lowest BCUT2D eigenvalue weighted by atomic mass is 10.1. The van der Waals surface area contributed by atoms with Gasteiger partial charge in [-0.25, -0.2) is 0 Å². The first-order chi connectivity index (χ1) is 10.3. The third-order valence-electron chi connectivity index (χ3n) is 3.00. The van der Waals surface area contributed by atoms with E-state index >= 15 is 0 Å². The van der Waals surface area contributed by atoms with Crippen molar-refractivity contribution in [2.75, 3.05) is 14.8 Å². The molecule has 0 saturated carbocycles. The Morgan fingerprint density at radius 2 is 1.68 bits per heavy atom. The second-order valence-electron chi connectivity index (χ2n) is 4.63. The predicted molar refractivity (Wildman–Crippen MR) is 80.3 cm³/mol. The number of hydrogen-bond acceptors (Lipinski definition) is 5. The SMILES string of the molecule is O=C(Nc1ccc2c(c1)NS(=O)(=O)N2)c1ccc(O)c(O)c1. The van der Waals surface area contributed by atoms with Crippen molar-refractivity contribution in [2.45, 2.75) is 0 Å². The predicted octanol–water partition coefficient (Wildman–Crippen LogP) is 1.43. The Balaban J connectivity index is 1.82. The summed E-state index contributed by atoms with van der Waals surface area (Å²) in [5.41, 5.74) is 1.24. The Morgan fingerprint density at radius 1 is 0.955 bits per heavy atom. The van der Waals surface area contributed by atoms with Crippen LogP contribution in [-0.4, -0.2) is 24.5 Å². The fourth-order valence-electron chi connectivity index (χ4n) is 1.98. The van der Waals surface area contributed by atoms with Gasteiger partial charge in [-0.05, 0) is 36.4 Å². The van der Waals surface area contributed by atoms with Gasteiger partial charge in [0, 0.05) is 11.3 Å². The number of carbonyl (C=O) groups is 1. The normalized spacial score (nSPS) is 14.5. The van der Waals surface area contributed by atoms with Crippen molar-refractivity contribution in [1.82, 2.24) is 0 Å². The second-order valence-corrected chi connectivity index (χ2v) is 6.04. The number of hydrogen-bond donors (Lipinski definition) is 5. The van der Waals surface area contributed by atoms with E-state index in [9.17, 15) is 23.4 Å². The Bertz CT molecular complexity index is 879. The van der Waals surface area contributed by atoms with Crippen LogP contribution in [0.3, 0.4) is 0 Å². The number of rotatable bonds is 2.